The molecule has 3 fully saturated rings. The predicted molar refractivity (Wildman–Crippen MR) is 87.7 cm³/mol. The highest BCUT2D eigenvalue weighted by atomic mass is 35.5. The van der Waals surface area contributed by atoms with E-state index in [9.17, 15) is 4.79 Å². The first kappa shape index (κ1) is 14.5. The van der Waals surface area contributed by atoms with E-state index in [1.165, 1.54) is 31.2 Å². The molecule has 0 saturated heterocycles. The van der Waals surface area contributed by atoms with Gasteiger partial charge in [0.15, 0.2) is 0 Å². The average molecular weight is 319 g/mol. The van der Waals surface area contributed by atoms with E-state index in [2.05, 4.69) is 16.7 Å². The third kappa shape index (κ3) is 3.16. The van der Waals surface area contributed by atoms with Crippen molar-refractivity contribution in [3.05, 3.63) is 34.9 Å². The van der Waals surface area contributed by atoms with Crippen molar-refractivity contribution in [1.82, 2.24) is 10.6 Å². The second-order valence-corrected chi connectivity index (χ2v) is 7.65. The monoisotopic (exact) mass is 318 g/mol. The van der Waals surface area contributed by atoms with Gasteiger partial charge in [0, 0.05) is 16.6 Å². The number of hydrogen-bond donors (Lipinski definition) is 2. The van der Waals surface area contributed by atoms with Crippen LogP contribution in [0.1, 0.15) is 44.1 Å². The van der Waals surface area contributed by atoms with Gasteiger partial charge in [0.05, 0.1) is 6.54 Å². The van der Waals surface area contributed by atoms with Crippen LogP contribution in [0, 0.1) is 11.8 Å². The van der Waals surface area contributed by atoms with Crippen molar-refractivity contribution in [3.63, 3.8) is 0 Å². The molecule has 4 heteroatoms. The lowest BCUT2D eigenvalue weighted by atomic mass is 10.0. The molecule has 0 bridgehead atoms. The Morgan fingerprint density at radius 3 is 2.45 bits per heavy atom. The van der Waals surface area contributed by atoms with Crippen molar-refractivity contribution >= 4 is 17.5 Å². The quantitative estimate of drug-likeness (QED) is 0.810. The van der Waals surface area contributed by atoms with Crippen LogP contribution in [0.15, 0.2) is 24.3 Å². The highest BCUT2D eigenvalue weighted by Crippen LogP contribution is 2.46. The molecule has 0 radical (unpaired) electrons. The topological polar surface area (TPSA) is 41.1 Å². The summed E-state index contributed by atoms with van der Waals surface area (Å²) in [5, 5.41) is 7.50. The van der Waals surface area contributed by atoms with Gasteiger partial charge in [-0.1, -0.05) is 23.7 Å². The summed E-state index contributed by atoms with van der Waals surface area (Å²) in [7, 11) is 0. The molecule has 0 atom stereocenters. The van der Waals surface area contributed by atoms with Crippen LogP contribution in [0.5, 0.6) is 0 Å². The number of carbonyl (C=O) groups is 1. The largest absolute Gasteiger partial charge is 0.352 e. The van der Waals surface area contributed by atoms with Crippen LogP contribution >= 0.6 is 11.6 Å². The molecule has 0 aromatic heterocycles. The fourth-order valence-corrected chi connectivity index (χ4v) is 3.69. The molecule has 0 unspecified atom stereocenters. The van der Waals surface area contributed by atoms with Crippen LogP contribution in [0.3, 0.4) is 0 Å². The maximum absolute atomic E-state index is 12.3. The van der Waals surface area contributed by atoms with Crippen LogP contribution in [0.4, 0.5) is 0 Å². The van der Waals surface area contributed by atoms with Crippen LogP contribution in [-0.4, -0.2) is 18.5 Å². The first-order valence-corrected chi connectivity index (χ1v) is 8.84. The minimum absolute atomic E-state index is 0.0309. The van der Waals surface area contributed by atoms with E-state index in [-0.39, 0.29) is 11.4 Å². The molecule has 3 aliphatic carbocycles. The van der Waals surface area contributed by atoms with Gasteiger partial charge in [-0.15, -0.1) is 0 Å². The number of nitrogens with one attached hydrogen (secondary N) is 2. The Balaban J connectivity index is 1.33. The van der Waals surface area contributed by atoms with Gasteiger partial charge in [-0.2, -0.15) is 0 Å². The van der Waals surface area contributed by atoms with Crippen molar-refractivity contribution < 1.29 is 4.79 Å². The number of benzene rings is 1. The fraction of sp³-hybridized carbons (Fsp3) is 0.611. The van der Waals surface area contributed by atoms with Crippen LogP contribution in [0.2, 0.25) is 5.02 Å². The molecule has 0 aliphatic heterocycles. The Labute approximate surface area is 136 Å². The van der Waals surface area contributed by atoms with E-state index < -0.39 is 0 Å². The summed E-state index contributed by atoms with van der Waals surface area (Å²) in [5.41, 5.74) is 1.17. The van der Waals surface area contributed by atoms with Crippen LogP contribution in [0.25, 0.3) is 0 Å². The molecule has 1 aromatic rings. The molecule has 1 aromatic carbocycles. The Hall–Kier alpha value is -1.06. The minimum atomic E-state index is -0.0309. The van der Waals surface area contributed by atoms with E-state index >= 15 is 0 Å². The Kier molecular flexibility index (Phi) is 3.66. The molecule has 3 aliphatic rings. The maximum Gasteiger partial charge on any atom is 0.234 e. The maximum atomic E-state index is 12.3. The second kappa shape index (κ2) is 5.54. The number of hydrogen-bond acceptors (Lipinski definition) is 2. The lowest BCUT2D eigenvalue weighted by Crippen LogP contribution is -2.45. The van der Waals surface area contributed by atoms with Gasteiger partial charge < -0.3 is 5.32 Å². The average Bonchev–Trinajstić information content (AvgIpc) is 3.40. The zero-order chi connectivity index (χ0) is 15.2. The van der Waals surface area contributed by atoms with Gasteiger partial charge in [-0.25, -0.2) is 0 Å². The van der Waals surface area contributed by atoms with Gasteiger partial charge in [-0.3, -0.25) is 10.1 Å². The SMILES string of the molecule is O=C(CNC1(c2cccc(Cl)c2)CC1)NC(C1CC1)C1CC1. The third-order valence-electron chi connectivity index (χ3n) is 5.30. The molecule has 0 heterocycles. The molecule has 2 N–H and O–H groups in total. The van der Waals surface area contributed by atoms with Crippen LogP contribution in [-0.2, 0) is 10.3 Å². The van der Waals surface area contributed by atoms with Gasteiger partial charge in [0.25, 0.3) is 0 Å². The highest BCUT2D eigenvalue weighted by molar-refractivity contribution is 6.30. The van der Waals surface area contributed by atoms with Gasteiger partial charge in [0.2, 0.25) is 5.91 Å². The zero-order valence-corrected chi connectivity index (χ0v) is 13.5. The summed E-state index contributed by atoms with van der Waals surface area (Å²) >= 11 is 6.09. The van der Waals surface area contributed by atoms with E-state index in [0.717, 1.165) is 29.7 Å². The van der Waals surface area contributed by atoms with E-state index in [1.807, 2.05) is 18.2 Å². The molecule has 22 heavy (non-hydrogen) atoms. The lowest BCUT2D eigenvalue weighted by Gasteiger charge is -2.21. The molecule has 3 nitrogen and oxygen atoms in total. The summed E-state index contributed by atoms with van der Waals surface area (Å²) < 4.78 is 0. The molecule has 3 saturated carbocycles. The number of carbonyl (C=O) groups excluding carboxylic acids is 1. The lowest BCUT2D eigenvalue weighted by molar-refractivity contribution is -0.121. The van der Waals surface area contributed by atoms with Gasteiger partial charge in [-0.05, 0) is 68.1 Å². The van der Waals surface area contributed by atoms with Gasteiger partial charge >= 0.3 is 0 Å². The van der Waals surface area contributed by atoms with Crippen molar-refractivity contribution in [3.8, 4) is 0 Å². The first-order chi connectivity index (χ1) is 10.7. The molecule has 118 valence electrons. The summed E-state index contributed by atoms with van der Waals surface area (Å²) in [6.45, 7) is 0.405. The van der Waals surface area contributed by atoms with Crippen molar-refractivity contribution in [2.24, 2.45) is 11.8 Å². The molecule has 4 rings (SSSR count). The molecule has 0 spiro atoms. The van der Waals surface area contributed by atoms with Crippen molar-refractivity contribution in [1.29, 1.82) is 0 Å². The third-order valence-corrected chi connectivity index (χ3v) is 5.54. The standard InChI is InChI=1S/C18H23ClN2O/c19-15-3-1-2-14(10-15)18(8-9-18)20-11-16(22)21-17(12-4-5-12)13-6-7-13/h1-3,10,12-13,17,20H,4-9,11H2,(H,21,22). The number of rotatable bonds is 7. The van der Waals surface area contributed by atoms with E-state index in [1.54, 1.807) is 0 Å². The Bertz CT molecular complexity index is 564. The van der Waals surface area contributed by atoms with E-state index in [4.69, 9.17) is 11.6 Å². The Morgan fingerprint density at radius 1 is 1.23 bits per heavy atom. The summed E-state index contributed by atoms with van der Waals surface area (Å²) in [4.78, 5) is 12.3. The molecular formula is C18H23ClN2O. The summed E-state index contributed by atoms with van der Waals surface area (Å²) in [5.74, 6) is 1.65. The van der Waals surface area contributed by atoms with Gasteiger partial charge in [0.1, 0.15) is 0 Å². The second-order valence-electron chi connectivity index (χ2n) is 7.21. The smallest absolute Gasteiger partial charge is 0.234 e. The number of halogens is 1. The van der Waals surface area contributed by atoms with Crippen molar-refractivity contribution in [2.45, 2.75) is 50.1 Å². The minimum Gasteiger partial charge on any atom is -0.352 e. The number of amides is 1. The summed E-state index contributed by atoms with van der Waals surface area (Å²) in [6, 6.07) is 8.42. The molecular weight excluding hydrogens is 296 g/mol. The normalized spacial score (nSPS) is 22.6. The summed E-state index contributed by atoms with van der Waals surface area (Å²) in [6.07, 6.45) is 7.33. The molecule has 1 amide bonds. The van der Waals surface area contributed by atoms with Crippen LogP contribution < -0.4 is 10.6 Å². The fourth-order valence-electron chi connectivity index (χ4n) is 3.50. The highest BCUT2D eigenvalue weighted by Gasteiger charge is 2.45. The zero-order valence-electron chi connectivity index (χ0n) is 12.8. The Morgan fingerprint density at radius 2 is 1.91 bits per heavy atom. The van der Waals surface area contributed by atoms with Crippen molar-refractivity contribution in [2.75, 3.05) is 6.54 Å². The van der Waals surface area contributed by atoms with E-state index in [0.29, 0.717) is 12.6 Å². The predicted octanol–water partition coefficient (Wildman–Crippen LogP) is 3.22. The first-order valence-electron chi connectivity index (χ1n) is 8.47.